The van der Waals surface area contributed by atoms with E-state index in [1.54, 1.807) is 24.3 Å². The van der Waals surface area contributed by atoms with Crippen LogP contribution >= 0.6 is 23.8 Å². The van der Waals surface area contributed by atoms with Gasteiger partial charge < -0.3 is 10.1 Å². The van der Waals surface area contributed by atoms with Crippen LogP contribution in [-0.2, 0) is 9.59 Å². The molecule has 0 radical (unpaired) electrons. The van der Waals surface area contributed by atoms with Crippen molar-refractivity contribution in [2.24, 2.45) is 0 Å². The van der Waals surface area contributed by atoms with Gasteiger partial charge in [0.15, 0.2) is 11.7 Å². The Bertz CT molecular complexity index is 567. The van der Waals surface area contributed by atoms with E-state index >= 15 is 0 Å². The highest BCUT2D eigenvalue weighted by molar-refractivity contribution is 7.80. The average molecular weight is 386 g/mol. The number of benzene rings is 1. The largest absolute Gasteiger partial charge is 0.484 e. The lowest BCUT2D eigenvalue weighted by Crippen LogP contribution is -2.49. The van der Waals surface area contributed by atoms with Crippen LogP contribution in [0.15, 0.2) is 24.3 Å². The standard InChI is InChI=1S/C17H24ClN3O3S/c1-2-3-4-5-6-7-15(22)19-17(25)21-20-16(23)12-24-14-10-8-13(18)9-11-14/h8-11H,2-7,12H2,1H3,(H,20,23)(H2,19,21,22,25). The van der Waals surface area contributed by atoms with E-state index in [1.165, 1.54) is 12.8 Å². The summed E-state index contributed by atoms with van der Waals surface area (Å²) >= 11 is 10.7. The summed E-state index contributed by atoms with van der Waals surface area (Å²) in [4.78, 5) is 23.3. The first-order chi connectivity index (χ1) is 12.0. The van der Waals surface area contributed by atoms with Crippen LogP contribution < -0.4 is 20.9 Å². The first-order valence-corrected chi connectivity index (χ1v) is 9.07. The summed E-state index contributed by atoms with van der Waals surface area (Å²) in [5.41, 5.74) is 4.83. The minimum atomic E-state index is -0.425. The van der Waals surface area contributed by atoms with Crippen LogP contribution in [0.25, 0.3) is 0 Å². The number of nitrogens with one attached hydrogen (secondary N) is 3. The monoisotopic (exact) mass is 385 g/mol. The first-order valence-electron chi connectivity index (χ1n) is 8.28. The van der Waals surface area contributed by atoms with Crippen molar-refractivity contribution in [3.8, 4) is 5.75 Å². The Kier molecular flexibility index (Phi) is 10.6. The van der Waals surface area contributed by atoms with Gasteiger partial charge in [-0.25, -0.2) is 0 Å². The van der Waals surface area contributed by atoms with Gasteiger partial charge in [0.25, 0.3) is 5.91 Å². The molecule has 1 rings (SSSR count). The van der Waals surface area contributed by atoms with Crippen LogP contribution in [0.2, 0.25) is 5.02 Å². The Hall–Kier alpha value is -1.86. The third-order valence-corrected chi connectivity index (χ3v) is 3.72. The highest BCUT2D eigenvalue weighted by atomic mass is 35.5. The molecule has 1 aromatic rings. The summed E-state index contributed by atoms with van der Waals surface area (Å²) in [5.74, 6) is -0.0646. The van der Waals surface area contributed by atoms with Gasteiger partial charge >= 0.3 is 0 Å². The molecule has 25 heavy (non-hydrogen) atoms. The first kappa shape index (κ1) is 21.2. The SMILES string of the molecule is CCCCCCCC(=O)NC(=S)NNC(=O)COc1ccc(Cl)cc1. The lowest BCUT2D eigenvalue weighted by Gasteiger charge is -2.11. The zero-order valence-electron chi connectivity index (χ0n) is 14.3. The highest BCUT2D eigenvalue weighted by Crippen LogP contribution is 2.15. The number of thiocarbonyl (C=S) groups is 1. The van der Waals surface area contributed by atoms with Crippen molar-refractivity contribution in [1.82, 2.24) is 16.2 Å². The van der Waals surface area contributed by atoms with Gasteiger partial charge in [-0.15, -0.1) is 0 Å². The number of hydrazine groups is 1. The number of rotatable bonds is 9. The topological polar surface area (TPSA) is 79.5 Å². The van der Waals surface area contributed by atoms with Gasteiger partial charge in [0.05, 0.1) is 0 Å². The fraction of sp³-hybridized carbons (Fsp3) is 0.471. The number of halogens is 1. The van der Waals surface area contributed by atoms with E-state index in [9.17, 15) is 9.59 Å². The van der Waals surface area contributed by atoms with Crippen LogP contribution in [0.3, 0.4) is 0 Å². The normalized spacial score (nSPS) is 10.0. The van der Waals surface area contributed by atoms with Gasteiger partial charge in [-0.1, -0.05) is 44.2 Å². The maximum Gasteiger partial charge on any atom is 0.276 e. The molecule has 0 atom stereocenters. The van der Waals surface area contributed by atoms with E-state index in [0.717, 1.165) is 19.3 Å². The Labute approximate surface area is 158 Å². The molecular weight excluding hydrogens is 362 g/mol. The van der Waals surface area contributed by atoms with E-state index in [0.29, 0.717) is 17.2 Å². The van der Waals surface area contributed by atoms with Crippen molar-refractivity contribution in [2.45, 2.75) is 45.4 Å². The maximum atomic E-state index is 11.7. The Balaban J connectivity index is 2.12. The molecule has 0 aliphatic rings. The van der Waals surface area contributed by atoms with Gasteiger partial charge in [0, 0.05) is 11.4 Å². The summed E-state index contributed by atoms with van der Waals surface area (Å²) in [6.07, 6.45) is 5.76. The molecule has 0 saturated heterocycles. The second kappa shape index (κ2) is 12.5. The number of ether oxygens (including phenoxy) is 1. The van der Waals surface area contributed by atoms with Gasteiger partial charge in [-0.3, -0.25) is 20.4 Å². The minimum Gasteiger partial charge on any atom is -0.484 e. The van der Waals surface area contributed by atoms with E-state index in [-0.39, 0.29) is 17.6 Å². The predicted molar refractivity (Wildman–Crippen MR) is 102 cm³/mol. The molecule has 138 valence electrons. The smallest absolute Gasteiger partial charge is 0.276 e. The molecule has 0 aromatic heterocycles. The minimum absolute atomic E-state index is 0.0541. The molecule has 0 unspecified atom stereocenters. The van der Waals surface area contributed by atoms with Crippen LogP contribution in [0.5, 0.6) is 5.75 Å². The summed E-state index contributed by atoms with van der Waals surface area (Å²) in [6, 6.07) is 6.66. The molecule has 6 nitrogen and oxygen atoms in total. The van der Waals surface area contributed by atoms with Crippen molar-refractivity contribution < 1.29 is 14.3 Å². The number of amides is 2. The lowest BCUT2D eigenvalue weighted by atomic mass is 10.1. The molecule has 0 spiro atoms. The van der Waals surface area contributed by atoms with Crippen molar-refractivity contribution in [2.75, 3.05) is 6.61 Å². The van der Waals surface area contributed by atoms with Gasteiger partial charge in [-0.05, 0) is 42.9 Å². The Morgan fingerprint density at radius 3 is 2.40 bits per heavy atom. The fourth-order valence-electron chi connectivity index (χ4n) is 1.95. The summed E-state index contributed by atoms with van der Waals surface area (Å²) in [5, 5.41) is 3.16. The van der Waals surface area contributed by atoms with E-state index in [4.69, 9.17) is 28.6 Å². The number of carbonyl (C=O) groups excluding carboxylic acids is 2. The van der Waals surface area contributed by atoms with Crippen LogP contribution in [0.1, 0.15) is 45.4 Å². The lowest BCUT2D eigenvalue weighted by molar-refractivity contribution is -0.124. The van der Waals surface area contributed by atoms with Gasteiger partial charge in [0.1, 0.15) is 5.75 Å². The summed E-state index contributed by atoms with van der Waals surface area (Å²) < 4.78 is 5.28. The second-order valence-electron chi connectivity index (χ2n) is 5.46. The van der Waals surface area contributed by atoms with Crippen LogP contribution in [0.4, 0.5) is 0 Å². The van der Waals surface area contributed by atoms with Crippen LogP contribution in [-0.4, -0.2) is 23.5 Å². The van der Waals surface area contributed by atoms with Crippen LogP contribution in [0, 0.1) is 0 Å². The third kappa shape index (κ3) is 10.6. The van der Waals surface area contributed by atoms with Crippen molar-refractivity contribution in [3.63, 3.8) is 0 Å². The number of hydrogen-bond acceptors (Lipinski definition) is 4. The molecule has 0 bridgehead atoms. The molecule has 0 aliphatic carbocycles. The molecular formula is C17H24ClN3O3S. The molecule has 0 saturated carbocycles. The zero-order chi connectivity index (χ0) is 18.5. The molecule has 0 heterocycles. The maximum absolute atomic E-state index is 11.7. The highest BCUT2D eigenvalue weighted by Gasteiger charge is 2.06. The third-order valence-electron chi connectivity index (χ3n) is 3.26. The average Bonchev–Trinajstić information content (AvgIpc) is 2.59. The molecule has 1 aromatic carbocycles. The molecule has 0 aliphatic heterocycles. The second-order valence-corrected chi connectivity index (χ2v) is 6.30. The van der Waals surface area contributed by atoms with Crippen molar-refractivity contribution in [3.05, 3.63) is 29.3 Å². The quantitative estimate of drug-likeness (QED) is 0.346. The van der Waals surface area contributed by atoms with Crippen molar-refractivity contribution in [1.29, 1.82) is 0 Å². The number of carbonyl (C=O) groups is 2. The number of hydrogen-bond donors (Lipinski definition) is 3. The molecule has 3 N–H and O–H groups in total. The van der Waals surface area contributed by atoms with E-state index in [1.807, 2.05) is 0 Å². The molecule has 0 fully saturated rings. The van der Waals surface area contributed by atoms with E-state index in [2.05, 4.69) is 23.1 Å². The van der Waals surface area contributed by atoms with Gasteiger partial charge in [-0.2, -0.15) is 0 Å². The molecule has 2 amide bonds. The predicted octanol–water partition coefficient (Wildman–Crippen LogP) is 3.10. The van der Waals surface area contributed by atoms with Crippen molar-refractivity contribution >= 4 is 40.7 Å². The van der Waals surface area contributed by atoms with E-state index < -0.39 is 5.91 Å². The van der Waals surface area contributed by atoms with Gasteiger partial charge in [0.2, 0.25) is 5.91 Å². The Morgan fingerprint density at radius 2 is 1.72 bits per heavy atom. The summed E-state index contributed by atoms with van der Waals surface area (Å²) in [6.45, 7) is 1.95. The molecule has 8 heteroatoms. The Morgan fingerprint density at radius 1 is 1.04 bits per heavy atom. The number of unbranched alkanes of at least 4 members (excludes halogenated alkanes) is 4. The fourth-order valence-corrected chi connectivity index (χ4v) is 2.24. The zero-order valence-corrected chi connectivity index (χ0v) is 15.8. The summed E-state index contributed by atoms with van der Waals surface area (Å²) in [7, 11) is 0.